The van der Waals surface area contributed by atoms with E-state index in [4.69, 9.17) is 4.74 Å². The first kappa shape index (κ1) is 19.7. The van der Waals surface area contributed by atoms with Gasteiger partial charge in [-0.25, -0.2) is 13.2 Å². The highest BCUT2D eigenvalue weighted by molar-refractivity contribution is 5.71. The Labute approximate surface area is 169 Å². The van der Waals surface area contributed by atoms with E-state index in [1.54, 1.807) is 48.5 Å². The van der Waals surface area contributed by atoms with Crippen molar-refractivity contribution in [3.05, 3.63) is 83.2 Å². The lowest BCUT2D eigenvalue weighted by atomic mass is 9.90. The Kier molecular flexibility index (Phi) is 5.46. The van der Waals surface area contributed by atoms with Gasteiger partial charge < -0.3 is 4.74 Å². The molecule has 3 aromatic rings. The second kappa shape index (κ2) is 8.03. The third kappa shape index (κ3) is 3.95. The normalized spacial score (nSPS) is 19.3. The van der Waals surface area contributed by atoms with Crippen molar-refractivity contribution >= 4 is 0 Å². The minimum atomic E-state index is -0.864. The van der Waals surface area contributed by atoms with Crippen LogP contribution in [0.5, 0.6) is 0 Å². The molecule has 1 heterocycles. The lowest BCUT2D eigenvalue weighted by Gasteiger charge is -2.27. The third-order valence-corrected chi connectivity index (χ3v) is 5.75. The summed E-state index contributed by atoms with van der Waals surface area (Å²) < 4.78 is 48.6. The SMILES string of the molecule is Cc1ccc(-c2ccc(-c3ccc(C4CCC(C)OC4)cc3F)cc2)c(F)c1F. The van der Waals surface area contributed by atoms with Crippen molar-refractivity contribution in [1.29, 1.82) is 0 Å². The largest absolute Gasteiger partial charge is 0.378 e. The molecule has 0 bridgehead atoms. The van der Waals surface area contributed by atoms with Crippen molar-refractivity contribution in [3.8, 4) is 22.3 Å². The predicted molar refractivity (Wildman–Crippen MR) is 109 cm³/mol. The zero-order valence-corrected chi connectivity index (χ0v) is 16.5. The summed E-state index contributed by atoms with van der Waals surface area (Å²) in [5.41, 5.74) is 3.15. The molecule has 0 aliphatic carbocycles. The Morgan fingerprint density at radius 3 is 2.07 bits per heavy atom. The molecule has 0 radical (unpaired) electrons. The van der Waals surface area contributed by atoms with Crippen LogP contribution in [0, 0.1) is 24.4 Å². The van der Waals surface area contributed by atoms with Crippen molar-refractivity contribution in [1.82, 2.24) is 0 Å². The van der Waals surface area contributed by atoms with Crippen LogP contribution in [0.3, 0.4) is 0 Å². The smallest absolute Gasteiger partial charge is 0.166 e. The maximum atomic E-state index is 14.8. The fourth-order valence-corrected chi connectivity index (χ4v) is 3.86. The van der Waals surface area contributed by atoms with E-state index in [1.165, 1.54) is 6.92 Å². The van der Waals surface area contributed by atoms with Crippen LogP contribution in [-0.4, -0.2) is 12.7 Å². The number of hydrogen-bond acceptors (Lipinski definition) is 1. The monoisotopic (exact) mass is 396 g/mol. The molecule has 1 nitrogen and oxygen atoms in total. The molecule has 1 saturated heterocycles. The minimum Gasteiger partial charge on any atom is -0.378 e. The van der Waals surface area contributed by atoms with E-state index in [2.05, 4.69) is 6.92 Å². The molecule has 1 aliphatic heterocycles. The quantitative estimate of drug-likeness (QED) is 0.462. The van der Waals surface area contributed by atoms with E-state index in [-0.39, 0.29) is 29.0 Å². The van der Waals surface area contributed by atoms with Gasteiger partial charge in [0.05, 0.1) is 12.7 Å². The van der Waals surface area contributed by atoms with Crippen molar-refractivity contribution in [2.24, 2.45) is 0 Å². The standard InChI is InChI=1S/C25H23F3O/c1-15-3-11-22(25(28)24(15)27)18-8-6-17(7-9-18)21-12-10-19(13-23(21)26)20-5-4-16(2)29-14-20/h3,6-13,16,20H,4-5,14H2,1-2H3. The number of benzene rings is 3. The molecule has 0 N–H and O–H groups in total. The van der Waals surface area contributed by atoms with Crippen LogP contribution >= 0.6 is 0 Å². The second-order valence-electron chi connectivity index (χ2n) is 7.79. The number of ether oxygens (including phenoxy) is 1. The Balaban J connectivity index is 1.59. The van der Waals surface area contributed by atoms with E-state index in [0.29, 0.717) is 23.3 Å². The molecule has 4 rings (SSSR count). The van der Waals surface area contributed by atoms with Crippen LogP contribution in [0.1, 0.15) is 36.8 Å². The summed E-state index contributed by atoms with van der Waals surface area (Å²) in [7, 11) is 0. The average Bonchev–Trinajstić information content (AvgIpc) is 2.73. The topological polar surface area (TPSA) is 9.23 Å². The van der Waals surface area contributed by atoms with E-state index in [0.717, 1.165) is 18.4 Å². The highest BCUT2D eigenvalue weighted by Gasteiger charge is 2.21. The number of hydrogen-bond donors (Lipinski definition) is 0. The molecule has 0 amide bonds. The number of rotatable bonds is 3. The lowest BCUT2D eigenvalue weighted by molar-refractivity contribution is 0.0154. The third-order valence-electron chi connectivity index (χ3n) is 5.75. The van der Waals surface area contributed by atoms with Gasteiger partial charge in [-0.1, -0.05) is 48.5 Å². The zero-order valence-electron chi connectivity index (χ0n) is 16.5. The molecule has 29 heavy (non-hydrogen) atoms. The van der Waals surface area contributed by atoms with Gasteiger partial charge in [0.25, 0.3) is 0 Å². The van der Waals surface area contributed by atoms with E-state index in [9.17, 15) is 13.2 Å². The van der Waals surface area contributed by atoms with Crippen LogP contribution < -0.4 is 0 Å². The van der Waals surface area contributed by atoms with E-state index < -0.39 is 11.6 Å². The number of halogens is 3. The molecule has 2 unspecified atom stereocenters. The van der Waals surface area contributed by atoms with Crippen LogP contribution in [0.25, 0.3) is 22.3 Å². The summed E-state index contributed by atoms with van der Waals surface area (Å²) in [6.07, 6.45) is 2.24. The molecule has 150 valence electrons. The van der Waals surface area contributed by atoms with Crippen LogP contribution in [0.15, 0.2) is 54.6 Å². The van der Waals surface area contributed by atoms with E-state index >= 15 is 0 Å². The van der Waals surface area contributed by atoms with Gasteiger partial charge in [0.2, 0.25) is 0 Å². The fraction of sp³-hybridized carbons (Fsp3) is 0.280. The molecule has 0 spiro atoms. The van der Waals surface area contributed by atoms with Gasteiger partial charge in [0, 0.05) is 17.0 Å². The second-order valence-corrected chi connectivity index (χ2v) is 7.79. The van der Waals surface area contributed by atoms with Gasteiger partial charge in [-0.15, -0.1) is 0 Å². The molecule has 4 heteroatoms. The lowest BCUT2D eigenvalue weighted by Crippen LogP contribution is -2.22. The van der Waals surface area contributed by atoms with Gasteiger partial charge in [0.1, 0.15) is 5.82 Å². The van der Waals surface area contributed by atoms with Crippen LogP contribution in [-0.2, 0) is 4.74 Å². The highest BCUT2D eigenvalue weighted by Crippen LogP contribution is 2.33. The first-order valence-corrected chi connectivity index (χ1v) is 9.90. The first-order valence-electron chi connectivity index (χ1n) is 9.90. The van der Waals surface area contributed by atoms with Gasteiger partial charge >= 0.3 is 0 Å². The summed E-state index contributed by atoms with van der Waals surface area (Å²) >= 11 is 0. The van der Waals surface area contributed by atoms with Crippen LogP contribution in [0.4, 0.5) is 13.2 Å². The van der Waals surface area contributed by atoms with Gasteiger partial charge in [-0.2, -0.15) is 0 Å². The molecular formula is C25H23F3O. The minimum absolute atomic E-state index is 0.196. The Morgan fingerprint density at radius 2 is 1.45 bits per heavy atom. The molecular weight excluding hydrogens is 373 g/mol. The summed E-state index contributed by atoms with van der Waals surface area (Å²) in [5, 5.41) is 0. The molecule has 0 aromatic heterocycles. The zero-order chi connectivity index (χ0) is 20.5. The summed E-state index contributed by atoms with van der Waals surface area (Å²) in [5.74, 6) is -1.77. The average molecular weight is 396 g/mol. The molecule has 3 aromatic carbocycles. The summed E-state index contributed by atoms with van der Waals surface area (Å²) in [6, 6.07) is 15.3. The molecule has 1 aliphatic rings. The summed E-state index contributed by atoms with van der Waals surface area (Å²) in [4.78, 5) is 0. The van der Waals surface area contributed by atoms with Crippen molar-refractivity contribution in [3.63, 3.8) is 0 Å². The van der Waals surface area contributed by atoms with Crippen molar-refractivity contribution in [2.45, 2.75) is 38.7 Å². The highest BCUT2D eigenvalue weighted by atomic mass is 19.2. The van der Waals surface area contributed by atoms with Crippen LogP contribution in [0.2, 0.25) is 0 Å². The van der Waals surface area contributed by atoms with E-state index in [1.807, 2.05) is 6.07 Å². The fourth-order valence-electron chi connectivity index (χ4n) is 3.86. The van der Waals surface area contributed by atoms with Gasteiger partial charge in [-0.3, -0.25) is 0 Å². The number of aryl methyl sites for hydroxylation is 1. The summed E-state index contributed by atoms with van der Waals surface area (Å²) in [6.45, 7) is 4.20. The first-order chi connectivity index (χ1) is 13.9. The van der Waals surface area contributed by atoms with Gasteiger partial charge in [-0.05, 0) is 55.0 Å². The predicted octanol–water partition coefficient (Wildman–Crippen LogP) is 7.03. The maximum Gasteiger partial charge on any atom is 0.166 e. The Morgan fingerprint density at radius 1 is 0.793 bits per heavy atom. The Bertz CT molecular complexity index is 1020. The molecule has 1 fully saturated rings. The van der Waals surface area contributed by atoms with Crippen molar-refractivity contribution in [2.75, 3.05) is 6.61 Å². The molecule has 2 atom stereocenters. The van der Waals surface area contributed by atoms with Crippen molar-refractivity contribution < 1.29 is 17.9 Å². The van der Waals surface area contributed by atoms with Gasteiger partial charge in [0.15, 0.2) is 11.6 Å². The molecule has 0 saturated carbocycles. The maximum absolute atomic E-state index is 14.8. The Hall–Kier alpha value is -2.59.